The van der Waals surface area contributed by atoms with Gasteiger partial charge in [-0.25, -0.2) is 8.42 Å². The average molecular weight is 423 g/mol. The smallest absolute Gasteiger partial charge is 0.242 e. The molecule has 2 N–H and O–H groups in total. The van der Waals surface area contributed by atoms with Crippen LogP contribution in [0.15, 0.2) is 65.6 Å². The second-order valence-electron chi connectivity index (χ2n) is 5.97. The van der Waals surface area contributed by atoms with Crippen molar-refractivity contribution in [1.29, 1.82) is 0 Å². The molecule has 140 valence electrons. The van der Waals surface area contributed by atoms with Gasteiger partial charge in [0.05, 0.1) is 21.6 Å². The normalized spacial score (nSPS) is 12.7. The zero-order valence-electron chi connectivity index (χ0n) is 14.2. The first-order valence-electron chi connectivity index (χ1n) is 8.03. The van der Waals surface area contributed by atoms with Crippen molar-refractivity contribution < 1.29 is 13.2 Å². The van der Waals surface area contributed by atoms with Gasteiger partial charge in [-0.3, -0.25) is 4.79 Å². The summed E-state index contributed by atoms with van der Waals surface area (Å²) in [7, 11) is -3.88. The van der Waals surface area contributed by atoms with Crippen molar-refractivity contribution in [3.63, 3.8) is 0 Å². The van der Waals surface area contributed by atoms with E-state index < -0.39 is 22.0 Å². The highest BCUT2D eigenvalue weighted by Crippen LogP contribution is 2.25. The molecule has 0 saturated heterocycles. The third-order valence-corrected chi connectivity index (χ3v) is 6.05. The van der Waals surface area contributed by atoms with Gasteiger partial charge in [0.1, 0.15) is 0 Å². The second-order valence-corrected chi connectivity index (χ2v) is 8.52. The Morgan fingerprint density at radius 1 is 0.963 bits per heavy atom. The van der Waals surface area contributed by atoms with Crippen LogP contribution >= 0.6 is 23.2 Å². The van der Waals surface area contributed by atoms with E-state index in [4.69, 9.17) is 23.2 Å². The first kappa shape index (κ1) is 19.6. The van der Waals surface area contributed by atoms with Crippen molar-refractivity contribution in [1.82, 2.24) is 4.72 Å². The van der Waals surface area contributed by atoms with Crippen LogP contribution < -0.4 is 10.0 Å². The first-order valence-corrected chi connectivity index (χ1v) is 10.3. The number of carbonyl (C=O) groups excluding carboxylic acids is 1. The van der Waals surface area contributed by atoms with Gasteiger partial charge in [0.25, 0.3) is 0 Å². The summed E-state index contributed by atoms with van der Waals surface area (Å²) in [5.41, 5.74) is 0.311. The molecule has 0 aliphatic rings. The molecule has 0 spiro atoms. The van der Waals surface area contributed by atoms with Gasteiger partial charge < -0.3 is 5.32 Å². The molecule has 1 amide bonds. The Balaban J connectivity index is 1.77. The van der Waals surface area contributed by atoms with Crippen LogP contribution in [0.4, 0.5) is 5.69 Å². The number of carbonyl (C=O) groups is 1. The molecule has 0 heterocycles. The van der Waals surface area contributed by atoms with Gasteiger partial charge in [0, 0.05) is 5.02 Å². The lowest BCUT2D eigenvalue weighted by Gasteiger charge is -2.15. The molecule has 8 heteroatoms. The quantitative estimate of drug-likeness (QED) is 0.637. The van der Waals surface area contributed by atoms with Crippen molar-refractivity contribution in [3.05, 3.63) is 70.7 Å². The van der Waals surface area contributed by atoms with Crippen LogP contribution in [0, 0.1) is 0 Å². The number of hydrogen-bond acceptors (Lipinski definition) is 3. The fraction of sp³-hybridized carbons (Fsp3) is 0.105. The zero-order valence-corrected chi connectivity index (χ0v) is 16.6. The van der Waals surface area contributed by atoms with E-state index in [9.17, 15) is 13.2 Å². The first-order chi connectivity index (χ1) is 12.8. The van der Waals surface area contributed by atoms with E-state index in [1.807, 2.05) is 24.3 Å². The lowest BCUT2D eigenvalue weighted by atomic mass is 10.1. The molecule has 0 aromatic heterocycles. The Morgan fingerprint density at radius 2 is 1.67 bits per heavy atom. The number of rotatable bonds is 5. The lowest BCUT2D eigenvalue weighted by molar-refractivity contribution is -0.117. The Kier molecular flexibility index (Phi) is 5.72. The Bertz CT molecular complexity index is 1120. The molecule has 0 aliphatic carbocycles. The molecular formula is C19H16Cl2N2O3S. The maximum Gasteiger partial charge on any atom is 0.242 e. The van der Waals surface area contributed by atoms with Crippen molar-refractivity contribution >= 4 is 55.6 Å². The maximum absolute atomic E-state index is 12.6. The van der Waals surface area contributed by atoms with Crippen molar-refractivity contribution in [2.24, 2.45) is 0 Å². The van der Waals surface area contributed by atoms with Crippen molar-refractivity contribution in [3.8, 4) is 0 Å². The molecule has 0 saturated carbocycles. The topological polar surface area (TPSA) is 75.3 Å². The van der Waals surface area contributed by atoms with E-state index in [0.29, 0.717) is 15.7 Å². The van der Waals surface area contributed by atoms with E-state index in [-0.39, 0.29) is 4.90 Å². The number of halogens is 2. The third kappa shape index (κ3) is 4.59. The SMILES string of the molecule is C[C@@H](NS(=O)(=O)c1ccc2ccccc2c1)C(=O)Nc1cc(Cl)ccc1Cl. The van der Waals surface area contributed by atoms with E-state index in [1.165, 1.54) is 19.1 Å². The summed E-state index contributed by atoms with van der Waals surface area (Å²) in [6, 6.07) is 15.8. The summed E-state index contributed by atoms with van der Waals surface area (Å²) in [5, 5.41) is 5.00. The summed E-state index contributed by atoms with van der Waals surface area (Å²) in [6.45, 7) is 1.45. The van der Waals surface area contributed by atoms with Crippen molar-refractivity contribution in [2.75, 3.05) is 5.32 Å². The molecule has 27 heavy (non-hydrogen) atoms. The molecule has 3 rings (SSSR count). The number of hydrogen-bond donors (Lipinski definition) is 2. The minimum atomic E-state index is -3.88. The second kappa shape index (κ2) is 7.86. The summed E-state index contributed by atoms with van der Waals surface area (Å²) in [5.74, 6) is -0.552. The van der Waals surface area contributed by atoms with Gasteiger partial charge in [-0.2, -0.15) is 4.72 Å². The standard InChI is InChI=1S/C19H16Cl2N2O3S/c1-12(19(24)22-18-11-15(20)7-9-17(18)21)23-27(25,26)16-8-6-13-4-2-3-5-14(13)10-16/h2-12,23H,1H3,(H,22,24)/t12-/m1/s1. The van der Waals surface area contributed by atoms with Gasteiger partial charge in [-0.05, 0) is 48.0 Å². The molecule has 0 radical (unpaired) electrons. The molecule has 3 aromatic rings. The van der Waals surface area contributed by atoms with Gasteiger partial charge in [-0.1, -0.05) is 53.5 Å². The minimum absolute atomic E-state index is 0.0848. The molecular weight excluding hydrogens is 407 g/mol. The van der Waals surface area contributed by atoms with E-state index in [1.54, 1.807) is 24.3 Å². The maximum atomic E-state index is 12.6. The number of benzene rings is 3. The van der Waals surface area contributed by atoms with Gasteiger partial charge in [-0.15, -0.1) is 0 Å². The van der Waals surface area contributed by atoms with Crippen molar-refractivity contribution in [2.45, 2.75) is 17.9 Å². The minimum Gasteiger partial charge on any atom is -0.323 e. The summed E-state index contributed by atoms with van der Waals surface area (Å²) >= 11 is 11.9. The number of sulfonamides is 1. The molecule has 0 fully saturated rings. The highest BCUT2D eigenvalue weighted by Gasteiger charge is 2.23. The Labute approximate surface area is 167 Å². The predicted octanol–water partition coefficient (Wildman–Crippen LogP) is 4.45. The number of anilines is 1. The molecule has 0 bridgehead atoms. The van der Waals surface area contributed by atoms with Crippen LogP contribution in [0.5, 0.6) is 0 Å². The molecule has 5 nitrogen and oxygen atoms in total. The Hall–Kier alpha value is -2.12. The molecule has 3 aromatic carbocycles. The van der Waals surface area contributed by atoms with Crippen LogP contribution in [0.3, 0.4) is 0 Å². The van der Waals surface area contributed by atoms with Gasteiger partial charge in [0.2, 0.25) is 15.9 Å². The largest absolute Gasteiger partial charge is 0.323 e. The van der Waals surface area contributed by atoms with Crippen LogP contribution in [0.1, 0.15) is 6.92 Å². The zero-order chi connectivity index (χ0) is 19.6. The summed E-state index contributed by atoms with van der Waals surface area (Å²) in [6.07, 6.45) is 0. The average Bonchev–Trinajstić information content (AvgIpc) is 2.64. The number of amides is 1. The van der Waals surface area contributed by atoms with Crippen LogP contribution in [-0.2, 0) is 14.8 Å². The summed E-state index contributed by atoms with van der Waals surface area (Å²) in [4.78, 5) is 12.4. The van der Waals surface area contributed by atoms with E-state index >= 15 is 0 Å². The lowest BCUT2D eigenvalue weighted by Crippen LogP contribution is -2.41. The van der Waals surface area contributed by atoms with Gasteiger partial charge >= 0.3 is 0 Å². The van der Waals surface area contributed by atoms with E-state index in [0.717, 1.165) is 10.8 Å². The van der Waals surface area contributed by atoms with E-state index in [2.05, 4.69) is 10.0 Å². The van der Waals surface area contributed by atoms with Crippen LogP contribution in [0.25, 0.3) is 10.8 Å². The predicted molar refractivity (Wildman–Crippen MR) is 109 cm³/mol. The number of fused-ring (bicyclic) bond motifs is 1. The summed E-state index contributed by atoms with van der Waals surface area (Å²) < 4.78 is 27.6. The molecule has 0 unspecified atom stereocenters. The fourth-order valence-corrected chi connectivity index (χ4v) is 4.10. The monoisotopic (exact) mass is 422 g/mol. The Morgan fingerprint density at radius 3 is 2.41 bits per heavy atom. The number of nitrogens with one attached hydrogen (secondary N) is 2. The highest BCUT2D eigenvalue weighted by molar-refractivity contribution is 7.89. The molecule has 0 aliphatic heterocycles. The molecule has 1 atom stereocenters. The van der Waals surface area contributed by atoms with Gasteiger partial charge in [0.15, 0.2) is 0 Å². The van der Waals surface area contributed by atoms with Crippen LogP contribution in [0.2, 0.25) is 10.0 Å². The van der Waals surface area contributed by atoms with Crippen LogP contribution in [-0.4, -0.2) is 20.4 Å². The highest BCUT2D eigenvalue weighted by atomic mass is 35.5. The third-order valence-electron chi connectivity index (χ3n) is 3.94. The fourth-order valence-electron chi connectivity index (χ4n) is 2.52.